The topological polar surface area (TPSA) is 35.7 Å². The van der Waals surface area contributed by atoms with Crippen molar-refractivity contribution in [3.8, 4) is 5.88 Å². The van der Waals surface area contributed by atoms with Gasteiger partial charge < -0.3 is 4.98 Å². The van der Waals surface area contributed by atoms with Gasteiger partial charge in [0.1, 0.15) is 0 Å². The third kappa shape index (κ3) is 0.559. The molecule has 0 unspecified atom stereocenters. The van der Waals surface area contributed by atoms with Gasteiger partial charge in [0.2, 0.25) is 0 Å². The van der Waals surface area contributed by atoms with Gasteiger partial charge in [0.05, 0.1) is 0 Å². The summed E-state index contributed by atoms with van der Waals surface area (Å²) in [5, 5.41) is 9.99. The Kier molecular flexibility index (Phi) is 0.749. The lowest BCUT2D eigenvalue weighted by Crippen LogP contribution is -1.60. The van der Waals surface area contributed by atoms with Crippen LogP contribution in [0.3, 0.4) is 0 Å². The van der Waals surface area contributed by atoms with Gasteiger partial charge in [0, 0.05) is 6.20 Å². The Morgan fingerprint density at radius 3 is 2.57 bits per heavy atom. The van der Waals surface area contributed by atoms with Crippen molar-refractivity contribution in [2.45, 2.75) is 0 Å². The van der Waals surface area contributed by atoms with Crippen LogP contribution in [0.5, 0.6) is 5.88 Å². The van der Waals surface area contributed by atoms with Gasteiger partial charge in [-0.05, 0) is 6.07 Å². The normalized spacial score (nSPS) is 9.29. The van der Waals surface area contributed by atoms with Crippen LogP contribution in [0.4, 0.5) is 4.39 Å². The molecule has 0 aliphatic rings. The molecule has 0 fully saturated rings. The molecule has 1 N–H and O–H groups in total. The minimum absolute atomic E-state index is 0.653. The van der Waals surface area contributed by atoms with Crippen molar-refractivity contribution >= 4 is 0 Å². The first kappa shape index (κ1) is 4.18. The van der Waals surface area contributed by atoms with Gasteiger partial charge in [-0.2, -0.15) is 0 Å². The van der Waals surface area contributed by atoms with Gasteiger partial charge in [0.15, 0.2) is 5.82 Å². The Bertz CT molecular complexity index is 144. The zero-order valence-electron chi connectivity index (χ0n) is 3.44. The Morgan fingerprint density at radius 1 is 1.71 bits per heavy atom. The van der Waals surface area contributed by atoms with Gasteiger partial charge >= 0.3 is 0 Å². The number of H-pyrrole nitrogens is 1. The van der Waals surface area contributed by atoms with E-state index in [9.17, 15) is 9.50 Å². The third-order valence-electron chi connectivity index (χ3n) is 0.661. The fourth-order valence-corrected chi connectivity index (χ4v) is 0.335. The zero-order chi connectivity index (χ0) is 5.28. The van der Waals surface area contributed by atoms with Crippen LogP contribution in [0.25, 0.3) is 0 Å². The highest BCUT2D eigenvalue weighted by Crippen LogP contribution is 2.09. The van der Waals surface area contributed by atoms with Crippen LogP contribution in [0, 0.1) is 5.82 Å². The maximum Gasteiger partial charge on any atom is 0.283 e. The van der Waals surface area contributed by atoms with E-state index in [1.165, 1.54) is 6.20 Å². The highest BCUT2D eigenvalue weighted by atomic mass is 19.1. The van der Waals surface area contributed by atoms with Crippen LogP contribution in [0.2, 0.25) is 0 Å². The van der Waals surface area contributed by atoms with Gasteiger partial charge in [-0.3, -0.25) is 5.11 Å². The van der Waals surface area contributed by atoms with E-state index in [0.29, 0.717) is 0 Å². The Labute approximate surface area is 39.6 Å². The number of hydrogen-bond acceptors (Lipinski definition) is 0. The summed E-state index contributed by atoms with van der Waals surface area (Å²) in [6.07, 6.45) is 1.26. The van der Waals surface area contributed by atoms with Crippen LogP contribution in [0.15, 0.2) is 12.3 Å². The quantitative estimate of drug-likeness (QED) is 0.510. The molecule has 3 heteroatoms. The summed E-state index contributed by atoms with van der Waals surface area (Å²) in [6.45, 7) is 0. The minimum atomic E-state index is -0.722. The monoisotopic (exact) mass is 100 g/mol. The molecule has 0 saturated heterocycles. The fourth-order valence-electron chi connectivity index (χ4n) is 0.335. The summed E-state index contributed by atoms with van der Waals surface area (Å²) in [5.74, 6) is -1.37. The lowest BCUT2D eigenvalue weighted by Gasteiger charge is -1.70. The van der Waals surface area contributed by atoms with E-state index in [4.69, 9.17) is 0 Å². The Morgan fingerprint density at radius 2 is 2.43 bits per heavy atom. The number of aromatic nitrogens is 1. The van der Waals surface area contributed by atoms with E-state index in [2.05, 4.69) is 4.98 Å². The average molecular weight is 100 g/mol. The second-order valence-electron chi connectivity index (χ2n) is 1.15. The molecule has 0 atom stereocenters. The lowest BCUT2D eigenvalue weighted by atomic mass is 10.6. The lowest BCUT2D eigenvalue weighted by molar-refractivity contribution is 0.317. The van der Waals surface area contributed by atoms with Crippen molar-refractivity contribution in [1.29, 1.82) is 0 Å². The van der Waals surface area contributed by atoms with Crippen molar-refractivity contribution < 1.29 is 9.50 Å². The highest BCUT2D eigenvalue weighted by Gasteiger charge is 1.97. The third-order valence-corrected chi connectivity index (χ3v) is 0.661. The van der Waals surface area contributed by atoms with Gasteiger partial charge in [-0.1, -0.05) is 0 Å². The van der Waals surface area contributed by atoms with Gasteiger partial charge in [-0.25, -0.2) is 4.39 Å². The molecule has 0 aliphatic carbocycles. The molecular formula is C4H3FNO. The molecule has 1 aromatic heterocycles. The number of rotatable bonds is 0. The van der Waals surface area contributed by atoms with Crippen molar-refractivity contribution in [2.75, 3.05) is 0 Å². The summed E-state index contributed by atoms with van der Waals surface area (Å²) in [4.78, 5) is 2.14. The van der Waals surface area contributed by atoms with Crippen LogP contribution >= 0.6 is 0 Å². The van der Waals surface area contributed by atoms with E-state index in [0.717, 1.165) is 6.07 Å². The summed E-state index contributed by atoms with van der Waals surface area (Å²) >= 11 is 0. The molecule has 37 valence electrons. The molecule has 1 heterocycles. The predicted molar refractivity (Wildman–Crippen MR) is 20.9 cm³/mol. The summed E-state index contributed by atoms with van der Waals surface area (Å²) in [7, 11) is 0. The van der Waals surface area contributed by atoms with Crippen LogP contribution in [0.1, 0.15) is 0 Å². The van der Waals surface area contributed by atoms with E-state index < -0.39 is 11.7 Å². The molecule has 0 bridgehead atoms. The summed E-state index contributed by atoms with van der Waals surface area (Å²) < 4.78 is 11.7. The molecule has 1 radical (unpaired) electrons. The highest BCUT2D eigenvalue weighted by molar-refractivity contribution is 5.10. The standard InChI is InChI=1S/C4H3FNO/c5-3-1-2-6-4(3)7/h1-2,6H. The Balaban J connectivity index is 3.12. The molecule has 1 rings (SSSR count). The molecule has 0 amide bonds. The maximum atomic E-state index is 11.7. The largest absolute Gasteiger partial charge is 0.326 e. The molecule has 0 spiro atoms. The van der Waals surface area contributed by atoms with Crippen molar-refractivity contribution in [1.82, 2.24) is 4.98 Å². The zero-order valence-corrected chi connectivity index (χ0v) is 3.44. The van der Waals surface area contributed by atoms with Gasteiger partial charge in [-0.15, -0.1) is 0 Å². The second kappa shape index (κ2) is 1.26. The van der Waals surface area contributed by atoms with Crippen LogP contribution < -0.4 is 0 Å². The molecule has 0 saturated carbocycles. The summed E-state index contributed by atoms with van der Waals surface area (Å²) in [6, 6.07) is 1.09. The molecule has 1 aromatic rings. The first-order valence-corrected chi connectivity index (χ1v) is 1.80. The first-order chi connectivity index (χ1) is 3.30. The molecule has 0 aromatic carbocycles. The van der Waals surface area contributed by atoms with Crippen molar-refractivity contribution in [2.24, 2.45) is 0 Å². The van der Waals surface area contributed by atoms with E-state index in [1.54, 1.807) is 0 Å². The molecule has 7 heavy (non-hydrogen) atoms. The Hall–Kier alpha value is -0.990. The van der Waals surface area contributed by atoms with Crippen LogP contribution in [-0.2, 0) is 5.11 Å². The number of aromatic amines is 1. The average Bonchev–Trinajstić information content (AvgIpc) is 1.91. The predicted octanol–water partition coefficient (Wildman–Crippen LogP) is 1.30. The first-order valence-electron chi connectivity index (χ1n) is 1.80. The van der Waals surface area contributed by atoms with Crippen molar-refractivity contribution in [3.05, 3.63) is 18.1 Å². The SMILES string of the molecule is [O]c1[nH]ccc1F. The molecule has 0 aliphatic heterocycles. The van der Waals surface area contributed by atoms with E-state index >= 15 is 0 Å². The van der Waals surface area contributed by atoms with Crippen LogP contribution in [-0.4, -0.2) is 4.98 Å². The van der Waals surface area contributed by atoms with Crippen molar-refractivity contribution in [3.63, 3.8) is 0 Å². The fraction of sp³-hybridized carbons (Fsp3) is 0. The number of hydrogen-bond donors (Lipinski definition) is 1. The van der Waals surface area contributed by atoms with Gasteiger partial charge in [0.25, 0.3) is 5.88 Å². The second-order valence-corrected chi connectivity index (χ2v) is 1.15. The number of halogens is 1. The molecular weight excluding hydrogens is 97.0 g/mol. The number of nitrogens with one attached hydrogen (secondary N) is 1. The van der Waals surface area contributed by atoms with E-state index in [-0.39, 0.29) is 0 Å². The smallest absolute Gasteiger partial charge is 0.283 e. The van der Waals surface area contributed by atoms with E-state index in [1.807, 2.05) is 0 Å². The summed E-state index contributed by atoms with van der Waals surface area (Å²) in [5.41, 5.74) is 0. The maximum absolute atomic E-state index is 11.7. The minimum Gasteiger partial charge on any atom is -0.326 e. The molecule has 2 nitrogen and oxygen atoms in total.